The van der Waals surface area contributed by atoms with Gasteiger partial charge in [0, 0.05) is 13.0 Å². The summed E-state index contributed by atoms with van der Waals surface area (Å²) in [5, 5.41) is 2.92. The number of nitrogens with two attached hydrogens (primary N) is 1. The van der Waals surface area contributed by atoms with Crippen molar-refractivity contribution >= 4 is 18.3 Å². The van der Waals surface area contributed by atoms with Gasteiger partial charge in [0.1, 0.15) is 0 Å². The van der Waals surface area contributed by atoms with Crippen LogP contribution in [0.5, 0.6) is 0 Å². The average molecular weight is 285 g/mol. The van der Waals surface area contributed by atoms with E-state index >= 15 is 0 Å². The van der Waals surface area contributed by atoms with Crippen LogP contribution in [0.1, 0.15) is 36.8 Å². The Bertz CT molecular complexity index is 352. The van der Waals surface area contributed by atoms with E-state index in [4.69, 9.17) is 5.73 Å². The summed E-state index contributed by atoms with van der Waals surface area (Å²) in [6.45, 7) is 3.53. The molecule has 0 atom stereocenters. The molecule has 19 heavy (non-hydrogen) atoms. The molecule has 0 saturated heterocycles. The van der Waals surface area contributed by atoms with Crippen molar-refractivity contribution in [2.75, 3.05) is 13.1 Å². The van der Waals surface area contributed by atoms with Gasteiger partial charge in [0.25, 0.3) is 0 Å². The Balaban J connectivity index is 0.00000324. The lowest BCUT2D eigenvalue weighted by Crippen LogP contribution is -2.24. The third-order valence-corrected chi connectivity index (χ3v) is 2.94. The van der Waals surface area contributed by atoms with Gasteiger partial charge in [-0.05, 0) is 44.7 Å². The number of rotatable bonds is 8. The maximum absolute atomic E-state index is 11.5. The number of carbonyl (C=O) groups excluding carboxylic acids is 1. The second kappa shape index (κ2) is 10.8. The van der Waals surface area contributed by atoms with E-state index in [-0.39, 0.29) is 18.3 Å². The Morgan fingerprint density at radius 3 is 2.47 bits per heavy atom. The molecular formula is C15H25ClN2O. The van der Waals surface area contributed by atoms with E-state index in [1.54, 1.807) is 0 Å². The largest absolute Gasteiger partial charge is 0.356 e. The molecule has 1 aromatic carbocycles. The van der Waals surface area contributed by atoms with Gasteiger partial charge in [0.15, 0.2) is 0 Å². The van der Waals surface area contributed by atoms with Crippen molar-refractivity contribution in [1.29, 1.82) is 0 Å². The van der Waals surface area contributed by atoms with E-state index in [2.05, 4.69) is 36.5 Å². The molecule has 0 bridgehead atoms. The highest BCUT2D eigenvalue weighted by molar-refractivity contribution is 5.85. The lowest BCUT2D eigenvalue weighted by molar-refractivity contribution is -0.121. The molecular weight excluding hydrogens is 260 g/mol. The number of unbranched alkanes of at least 4 members (excludes halogenated alkanes) is 1. The second-order valence-electron chi connectivity index (χ2n) is 4.68. The molecule has 0 saturated carbocycles. The lowest BCUT2D eigenvalue weighted by Gasteiger charge is -2.05. The summed E-state index contributed by atoms with van der Waals surface area (Å²) >= 11 is 0. The van der Waals surface area contributed by atoms with Crippen LogP contribution in [0.2, 0.25) is 0 Å². The fraction of sp³-hybridized carbons (Fsp3) is 0.533. The average Bonchev–Trinajstić information content (AvgIpc) is 2.37. The number of aryl methyl sites for hydroxylation is 2. The second-order valence-corrected chi connectivity index (χ2v) is 4.68. The van der Waals surface area contributed by atoms with E-state index < -0.39 is 0 Å². The molecule has 1 aromatic rings. The highest BCUT2D eigenvalue weighted by Gasteiger charge is 2.00. The standard InChI is InChI=1S/C15H24N2O.ClH/c1-13-7-9-14(10-8-13)5-4-6-15(18)17-12-3-2-11-16;/h7-10H,2-6,11-12,16H2,1H3,(H,17,18);1H. The van der Waals surface area contributed by atoms with Crippen molar-refractivity contribution in [3.63, 3.8) is 0 Å². The molecule has 0 aromatic heterocycles. The Hall–Kier alpha value is -1.06. The summed E-state index contributed by atoms with van der Waals surface area (Å²) in [5.41, 5.74) is 7.96. The molecule has 108 valence electrons. The zero-order valence-electron chi connectivity index (χ0n) is 11.7. The first-order valence-electron chi connectivity index (χ1n) is 6.74. The fourth-order valence-electron chi connectivity index (χ4n) is 1.79. The molecule has 0 heterocycles. The van der Waals surface area contributed by atoms with Crippen molar-refractivity contribution in [3.8, 4) is 0 Å². The number of carbonyl (C=O) groups is 1. The normalized spacial score (nSPS) is 9.79. The highest BCUT2D eigenvalue weighted by Crippen LogP contribution is 2.07. The van der Waals surface area contributed by atoms with Crippen LogP contribution in [0.3, 0.4) is 0 Å². The van der Waals surface area contributed by atoms with Gasteiger partial charge in [-0.2, -0.15) is 0 Å². The number of benzene rings is 1. The topological polar surface area (TPSA) is 55.1 Å². The molecule has 0 aliphatic carbocycles. The van der Waals surface area contributed by atoms with Crippen LogP contribution in [0.15, 0.2) is 24.3 Å². The minimum Gasteiger partial charge on any atom is -0.356 e. The number of hydrogen-bond donors (Lipinski definition) is 2. The predicted octanol–water partition coefficient (Wildman–Crippen LogP) is 2.59. The minimum atomic E-state index is 0. The quantitative estimate of drug-likeness (QED) is 0.721. The smallest absolute Gasteiger partial charge is 0.220 e. The lowest BCUT2D eigenvalue weighted by atomic mass is 10.1. The Morgan fingerprint density at radius 2 is 1.84 bits per heavy atom. The Kier molecular flexibility index (Phi) is 10.2. The van der Waals surface area contributed by atoms with Gasteiger partial charge in [-0.3, -0.25) is 4.79 Å². The number of halogens is 1. The van der Waals surface area contributed by atoms with Gasteiger partial charge < -0.3 is 11.1 Å². The van der Waals surface area contributed by atoms with E-state index in [0.717, 1.165) is 32.2 Å². The zero-order valence-corrected chi connectivity index (χ0v) is 12.5. The van der Waals surface area contributed by atoms with Crippen molar-refractivity contribution in [3.05, 3.63) is 35.4 Å². The van der Waals surface area contributed by atoms with Crippen LogP contribution in [0.25, 0.3) is 0 Å². The van der Waals surface area contributed by atoms with Gasteiger partial charge in [-0.15, -0.1) is 12.4 Å². The summed E-state index contributed by atoms with van der Waals surface area (Å²) in [4.78, 5) is 11.5. The molecule has 3 nitrogen and oxygen atoms in total. The molecule has 0 radical (unpaired) electrons. The van der Waals surface area contributed by atoms with Gasteiger partial charge in [-0.1, -0.05) is 29.8 Å². The summed E-state index contributed by atoms with van der Waals surface area (Å²) < 4.78 is 0. The first kappa shape index (κ1) is 17.9. The van der Waals surface area contributed by atoms with Gasteiger partial charge in [0.05, 0.1) is 0 Å². The monoisotopic (exact) mass is 284 g/mol. The van der Waals surface area contributed by atoms with Gasteiger partial charge in [-0.25, -0.2) is 0 Å². The number of amides is 1. The maximum Gasteiger partial charge on any atom is 0.220 e. The number of hydrogen-bond acceptors (Lipinski definition) is 2. The maximum atomic E-state index is 11.5. The first-order chi connectivity index (χ1) is 8.72. The summed E-state index contributed by atoms with van der Waals surface area (Å²) in [6, 6.07) is 8.49. The van der Waals surface area contributed by atoms with Gasteiger partial charge >= 0.3 is 0 Å². The van der Waals surface area contributed by atoms with E-state index in [9.17, 15) is 4.79 Å². The molecule has 1 rings (SSSR count). The molecule has 3 N–H and O–H groups in total. The van der Waals surface area contributed by atoms with Gasteiger partial charge in [0.2, 0.25) is 5.91 Å². The summed E-state index contributed by atoms with van der Waals surface area (Å²) in [5.74, 6) is 0.152. The molecule has 1 amide bonds. The van der Waals surface area contributed by atoms with Crippen molar-refractivity contribution in [2.45, 2.75) is 39.0 Å². The van der Waals surface area contributed by atoms with E-state index in [1.807, 2.05) is 0 Å². The minimum absolute atomic E-state index is 0. The summed E-state index contributed by atoms with van der Waals surface area (Å²) in [7, 11) is 0. The van der Waals surface area contributed by atoms with Crippen LogP contribution in [0, 0.1) is 6.92 Å². The van der Waals surface area contributed by atoms with Crippen LogP contribution in [-0.4, -0.2) is 19.0 Å². The third-order valence-electron chi connectivity index (χ3n) is 2.94. The molecule has 4 heteroatoms. The molecule has 0 aliphatic rings. The van der Waals surface area contributed by atoms with Crippen LogP contribution < -0.4 is 11.1 Å². The third kappa shape index (κ3) is 8.62. The van der Waals surface area contributed by atoms with Crippen LogP contribution in [0.4, 0.5) is 0 Å². The van der Waals surface area contributed by atoms with Crippen molar-refractivity contribution in [2.24, 2.45) is 5.73 Å². The number of nitrogens with one attached hydrogen (secondary N) is 1. The van der Waals surface area contributed by atoms with Crippen LogP contribution >= 0.6 is 12.4 Å². The molecule has 0 aliphatic heterocycles. The Morgan fingerprint density at radius 1 is 1.16 bits per heavy atom. The van der Waals surface area contributed by atoms with Crippen molar-refractivity contribution in [1.82, 2.24) is 5.32 Å². The van der Waals surface area contributed by atoms with Crippen LogP contribution in [-0.2, 0) is 11.2 Å². The van der Waals surface area contributed by atoms with E-state index in [1.165, 1.54) is 11.1 Å². The highest BCUT2D eigenvalue weighted by atomic mass is 35.5. The molecule has 0 unspecified atom stereocenters. The molecule has 0 fully saturated rings. The summed E-state index contributed by atoms with van der Waals surface area (Å²) in [6.07, 6.45) is 4.43. The zero-order chi connectivity index (χ0) is 13.2. The fourth-order valence-corrected chi connectivity index (χ4v) is 1.79. The Labute approximate surface area is 122 Å². The SMILES string of the molecule is Cc1ccc(CCCC(=O)NCCCCN)cc1.Cl. The van der Waals surface area contributed by atoms with E-state index in [0.29, 0.717) is 13.0 Å². The molecule has 0 spiro atoms. The van der Waals surface area contributed by atoms with Crippen molar-refractivity contribution < 1.29 is 4.79 Å². The first-order valence-corrected chi connectivity index (χ1v) is 6.74. The predicted molar refractivity (Wildman–Crippen MR) is 82.7 cm³/mol.